The highest BCUT2D eigenvalue weighted by atomic mass is 16.5. The number of morpholine rings is 1. The summed E-state index contributed by atoms with van der Waals surface area (Å²) in [5, 5.41) is 0. The van der Waals surface area contributed by atoms with Crippen LogP contribution in [0.25, 0.3) is 0 Å². The number of nitrogens with zero attached hydrogens (tertiary/aromatic N) is 2. The molecule has 29 heavy (non-hydrogen) atoms. The van der Waals surface area contributed by atoms with Gasteiger partial charge >= 0.3 is 0 Å². The molecule has 6 heteroatoms. The SMILES string of the molecule is O=C(c1ccc(OCC2CCCN(C(=O)C3CCCC3)C2)cc1)N1CCOCC1. The second kappa shape index (κ2) is 9.61. The number of benzene rings is 1. The molecule has 2 aliphatic heterocycles. The van der Waals surface area contributed by atoms with Crippen molar-refractivity contribution in [2.75, 3.05) is 46.0 Å². The van der Waals surface area contributed by atoms with Gasteiger partial charge in [0.25, 0.3) is 5.91 Å². The van der Waals surface area contributed by atoms with Crippen LogP contribution in [0, 0.1) is 11.8 Å². The molecule has 3 aliphatic rings. The van der Waals surface area contributed by atoms with Crippen LogP contribution in [0.4, 0.5) is 0 Å². The molecular weight excluding hydrogens is 368 g/mol. The van der Waals surface area contributed by atoms with E-state index < -0.39 is 0 Å². The van der Waals surface area contributed by atoms with Gasteiger partial charge in [0.1, 0.15) is 5.75 Å². The topological polar surface area (TPSA) is 59.1 Å². The predicted molar refractivity (Wildman–Crippen MR) is 110 cm³/mol. The Labute approximate surface area is 173 Å². The number of carbonyl (C=O) groups is 2. The molecule has 2 saturated heterocycles. The Morgan fingerprint density at radius 1 is 0.931 bits per heavy atom. The van der Waals surface area contributed by atoms with Crippen LogP contribution in [0.5, 0.6) is 5.75 Å². The van der Waals surface area contributed by atoms with E-state index in [4.69, 9.17) is 9.47 Å². The minimum Gasteiger partial charge on any atom is -0.493 e. The molecule has 1 aliphatic carbocycles. The molecule has 0 N–H and O–H groups in total. The lowest BCUT2D eigenvalue weighted by Crippen LogP contribution is -2.43. The van der Waals surface area contributed by atoms with Crippen LogP contribution in [-0.4, -0.2) is 67.6 Å². The third-order valence-electron chi connectivity index (χ3n) is 6.42. The van der Waals surface area contributed by atoms with Crippen LogP contribution >= 0.6 is 0 Å². The van der Waals surface area contributed by atoms with E-state index in [1.807, 2.05) is 29.2 Å². The van der Waals surface area contributed by atoms with E-state index in [0.717, 1.165) is 44.5 Å². The van der Waals surface area contributed by atoms with Crippen molar-refractivity contribution in [2.24, 2.45) is 11.8 Å². The highest BCUT2D eigenvalue weighted by molar-refractivity contribution is 5.94. The summed E-state index contributed by atoms with van der Waals surface area (Å²) >= 11 is 0. The average molecular weight is 401 g/mol. The van der Waals surface area contributed by atoms with Crippen molar-refractivity contribution in [1.82, 2.24) is 9.80 Å². The third-order valence-corrected chi connectivity index (χ3v) is 6.42. The molecule has 3 fully saturated rings. The first-order chi connectivity index (χ1) is 14.2. The van der Waals surface area contributed by atoms with Crippen molar-refractivity contribution in [1.29, 1.82) is 0 Å². The van der Waals surface area contributed by atoms with Crippen LogP contribution in [0.15, 0.2) is 24.3 Å². The molecule has 2 heterocycles. The first kappa shape index (κ1) is 20.2. The summed E-state index contributed by atoms with van der Waals surface area (Å²) in [5.41, 5.74) is 0.685. The number of ether oxygens (including phenoxy) is 2. The molecule has 1 unspecified atom stereocenters. The smallest absolute Gasteiger partial charge is 0.254 e. The Morgan fingerprint density at radius 2 is 1.66 bits per heavy atom. The molecular formula is C23H32N2O4. The number of hydrogen-bond acceptors (Lipinski definition) is 4. The number of rotatable bonds is 5. The Balaban J connectivity index is 1.26. The molecule has 0 bridgehead atoms. The zero-order valence-electron chi connectivity index (χ0n) is 17.2. The Kier molecular flexibility index (Phi) is 6.70. The lowest BCUT2D eigenvalue weighted by molar-refractivity contribution is -0.137. The third kappa shape index (κ3) is 5.10. The van der Waals surface area contributed by atoms with Crippen molar-refractivity contribution in [2.45, 2.75) is 38.5 Å². The Morgan fingerprint density at radius 3 is 2.38 bits per heavy atom. The summed E-state index contributed by atoms with van der Waals surface area (Å²) in [6.45, 7) is 4.82. The average Bonchev–Trinajstić information content (AvgIpc) is 3.33. The molecule has 1 atom stereocenters. The molecule has 158 valence electrons. The van der Waals surface area contributed by atoms with Gasteiger partial charge in [0.05, 0.1) is 19.8 Å². The van der Waals surface area contributed by atoms with Crippen LogP contribution in [0.1, 0.15) is 48.9 Å². The monoisotopic (exact) mass is 400 g/mol. The summed E-state index contributed by atoms with van der Waals surface area (Å²) in [5.74, 6) is 1.82. The minimum atomic E-state index is 0.0493. The quantitative estimate of drug-likeness (QED) is 0.763. The van der Waals surface area contributed by atoms with E-state index in [2.05, 4.69) is 4.90 Å². The van der Waals surface area contributed by atoms with Crippen molar-refractivity contribution < 1.29 is 19.1 Å². The molecule has 0 aromatic heterocycles. The second-order valence-electron chi connectivity index (χ2n) is 8.51. The first-order valence-electron chi connectivity index (χ1n) is 11.1. The summed E-state index contributed by atoms with van der Waals surface area (Å²) in [4.78, 5) is 29.1. The molecule has 6 nitrogen and oxygen atoms in total. The Hall–Kier alpha value is -2.08. The minimum absolute atomic E-state index is 0.0493. The summed E-state index contributed by atoms with van der Waals surface area (Å²) in [6, 6.07) is 7.42. The van der Waals surface area contributed by atoms with Crippen LogP contribution in [0.2, 0.25) is 0 Å². The number of amides is 2. The number of likely N-dealkylation sites (tertiary alicyclic amines) is 1. The van der Waals surface area contributed by atoms with Crippen molar-refractivity contribution in [3.8, 4) is 5.75 Å². The maximum Gasteiger partial charge on any atom is 0.254 e. The van der Waals surface area contributed by atoms with Gasteiger partial charge in [-0.05, 0) is 49.9 Å². The zero-order chi connectivity index (χ0) is 20.1. The van der Waals surface area contributed by atoms with E-state index in [0.29, 0.717) is 50.3 Å². The molecule has 0 radical (unpaired) electrons. The molecule has 0 spiro atoms. The predicted octanol–water partition coefficient (Wildman–Crippen LogP) is 2.97. The van der Waals surface area contributed by atoms with Crippen LogP contribution in [-0.2, 0) is 9.53 Å². The molecule has 2 amide bonds. The maximum atomic E-state index is 12.7. The van der Waals surface area contributed by atoms with Crippen LogP contribution in [0.3, 0.4) is 0 Å². The van der Waals surface area contributed by atoms with Gasteiger partial charge in [-0.1, -0.05) is 12.8 Å². The zero-order valence-corrected chi connectivity index (χ0v) is 17.2. The number of hydrogen-bond donors (Lipinski definition) is 0. The summed E-state index contributed by atoms with van der Waals surface area (Å²) in [7, 11) is 0. The van der Waals surface area contributed by atoms with Gasteiger partial charge in [0.15, 0.2) is 0 Å². The molecule has 1 saturated carbocycles. The number of carbonyl (C=O) groups excluding carboxylic acids is 2. The fraction of sp³-hybridized carbons (Fsp3) is 0.652. The maximum absolute atomic E-state index is 12.7. The van der Waals surface area contributed by atoms with E-state index in [9.17, 15) is 9.59 Å². The van der Waals surface area contributed by atoms with E-state index in [1.165, 1.54) is 12.8 Å². The standard InChI is InChI=1S/C23H32N2O4/c26-22(24-12-14-28-15-13-24)20-7-9-21(10-8-20)29-17-18-4-3-11-25(16-18)23(27)19-5-1-2-6-19/h7-10,18-19H,1-6,11-17H2. The van der Waals surface area contributed by atoms with E-state index in [1.54, 1.807) is 0 Å². The number of piperidine rings is 1. The highest BCUT2D eigenvalue weighted by Crippen LogP contribution is 2.28. The van der Waals surface area contributed by atoms with Crippen molar-refractivity contribution in [3.63, 3.8) is 0 Å². The highest BCUT2D eigenvalue weighted by Gasteiger charge is 2.30. The largest absolute Gasteiger partial charge is 0.493 e. The fourth-order valence-corrected chi connectivity index (χ4v) is 4.69. The van der Waals surface area contributed by atoms with E-state index in [-0.39, 0.29) is 11.8 Å². The van der Waals surface area contributed by atoms with Gasteiger partial charge in [-0.3, -0.25) is 9.59 Å². The second-order valence-corrected chi connectivity index (χ2v) is 8.51. The van der Waals surface area contributed by atoms with Gasteiger partial charge in [-0.15, -0.1) is 0 Å². The summed E-state index contributed by atoms with van der Waals surface area (Å²) in [6.07, 6.45) is 6.67. The molecule has 1 aromatic rings. The van der Waals surface area contributed by atoms with Gasteiger partial charge in [-0.25, -0.2) is 0 Å². The molecule has 1 aromatic carbocycles. The summed E-state index contributed by atoms with van der Waals surface area (Å²) < 4.78 is 11.3. The van der Waals surface area contributed by atoms with Gasteiger partial charge < -0.3 is 19.3 Å². The van der Waals surface area contributed by atoms with Crippen LogP contribution < -0.4 is 4.74 Å². The van der Waals surface area contributed by atoms with Gasteiger partial charge in [0, 0.05) is 43.6 Å². The van der Waals surface area contributed by atoms with Crippen molar-refractivity contribution >= 4 is 11.8 Å². The van der Waals surface area contributed by atoms with E-state index >= 15 is 0 Å². The lowest BCUT2D eigenvalue weighted by atomic mass is 9.96. The van der Waals surface area contributed by atoms with Crippen molar-refractivity contribution in [3.05, 3.63) is 29.8 Å². The normalized spacial score (nSPS) is 23.2. The fourth-order valence-electron chi connectivity index (χ4n) is 4.69. The molecule has 4 rings (SSSR count). The lowest BCUT2D eigenvalue weighted by Gasteiger charge is -2.34. The first-order valence-corrected chi connectivity index (χ1v) is 11.1. The van der Waals surface area contributed by atoms with Gasteiger partial charge in [-0.2, -0.15) is 0 Å². The van der Waals surface area contributed by atoms with Gasteiger partial charge in [0.2, 0.25) is 5.91 Å². The Bertz CT molecular complexity index is 693.